The first-order valence-corrected chi connectivity index (χ1v) is 13.1. The van der Waals surface area contributed by atoms with Crippen molar-refractivity contribution < 1.29 is 18.8 Å². The second kappa shape index (κ2) is 12.2. The number of benzene rings is 3. The lowest BCUT2D eigenvalue weighted by atomic mass is 10.1. The van der Waals surface area contributed by atoms with E-state index in [2.05, 4.69) is 26.1 Å². The van der Waals surface area contributed by atoms with E-state index in [-0.39, 0.29) is 23.9 Å². The molecule has 11 heteroatoms. The zero-order valence-electron chi connectivity index (χ0n) is 20.1. The van der Waals surface area contributed by atoms with Crippen molar-refractivity contribution in [1.29, 1.82) is 0 Å². The number of hydrogen-bond donors (Lipinski definition) is 0. The average molecular weight is 587 g/mol. The summed E-state index contributed by atoms with van der Waals surface area (Å²) < 4.78 is 27.0. The van der Waals surface area contributed by atoms with E-state index in [9.17, 15) is 14.5 Å². The van der Waals surface area contributed by atoms with Crippen molar-refractivity contribution in [1.82, 2.24) is 14.8 Å². The third-order valence-electron chi connectivity index (χ3n) is 5.40. The minimum atomic E-state index is -0.525. The third kappa shape index (κ3) is 6.86. The summed E-state index contributed by atoms with van der Waals surface area (Å²) in [4.78, 5) is 11.2. The lowest BCUT2D eigenvalue weighted by Crippen LogP contribution is -2.11. The molecule has 0 N–H and O–H groups in total. The zero-order valence-corrected chi connectivity index (χ0v) is 22.5. The summed E-state index contributed by atoms with van der Waals surface area (Å²) in [5, 5.41) is 20.1. The van der Waals surface area contributed by atoms with Crippen LogP contribution in [0.1, 0.15) is 29.1 Å². The van der Waals surface area contributed by atoms with Crippen molar-refractivity contribution in [2.24, 2.45) is 0 Å². The number of nitrogens with zero attached hydrogens (tertiary/aromatic N) is 4. The van der Waals surface area contributed by atoms with Crippen molar-refractivity contribution in [3.63, 3.8) is 0 Å². The van der Waals surface area contributed by atoms with Crippen LogP contribution in [-0.4, -0.2) is 32.8 Å². The molecule has 0 bridgehead atoms. The van der Waals surface area contributed by atoms with E-state index in [1.54, 1.807) is 24.3 Å². The minimum Gasteiger partial charge on any atom is -0.494 e. The Morgan fingerprint density at radius 1 is 1.08 bits per heavy atom. The predicted octanol–water partition coefficient (Wildman–Crippen LogP) is 6.57. The van der Waals surface area contributed by atoms with E-state index in [0.717, 1.165) is 22.6 Å². The Morgan fingerprint density at radius 3 is 2.46 bits per heavy atom. The first-order chi connectivity index (χ1) is 17.8. The van der Waals surface area contributed by atoms with Crippen LogP contribution in [0.2, 0.25) is 0 Å². The molecule has 0 aliphatic heterocycles. The first-order valence-electron chi connectivity index (χ1n) is 11.4. The van der Waals surface area contributed by atoms with Crippen LogP contribution in [0.3, 0.4) is 0 Å². The van der Waals surface area contributed by atoms with Gasteiger partial charge in [0, 0.05) is 10.6 Å². The highest BCUT2D eigenvalue weighted by atomic mass is 79.9. The number of rotatable bonds is 11. The molecule has 0 aliphatic carbocycles. The lowest BCUT2D eigenvalue weighted by Gasteiger charge is -2.16. The van der Waals surface area contributed by atoms with Crippen molar-refractivity contribution in [2.75, 3.05) is 13.2 Å². The molecule has 8 nitrogen and oxygen atoms in total. The Morgan fingerprint density at radius 2 is 1.81 bits per heavy atom. The van der Waals surface area contributed by atoms with Crippen molar-refractivity contribution >= 4 is 27.7 Å². The van der Waals surface area contributed by atoms with Gasteiger partial charge in [0.25, 0.3) is 0 Å². The van der Waals surface area contributed by atoms with E-state index in [1.807, 2.05) is 48.7 Å². The van der Waals surface area contributed by atoms with Crippen LogP contribution in [0.4, 0.5) is 4.39 Å². The van der Waals surface area contributed by atoms with Crippen LogP contribution in [0.25, 0.3) is 5.69 Å². The Bertz CT molecular complexity index is 1370. The largest absolute Gasteiger partial charge is 0.494 e. The molecule has 0 saturated heterocycles. The molecule has 0 fully saturated rings. The molecule has 0 unspecified atom stereocenters. The minimum absolute atomic E-state index is 0.260. The summed E-state index contributed by atoms with van der Waals surface area (Å²) in [6.07, 6.45) is 0. The molecule has 1 atom stereocenters. The highest BCUT2D eigenvalue weighted by Crippen LogP contribution is 2.39. The molecule has 4 rings (SSSR count). The van der Waals surface area contributed by atoms with Crippen LogP contribution in [0.5, 0.6) is 11.5 Å². The van der Waals surface area contributed by atoms with Crippen molar-refractivity contribution in [2.45, 2.75) is 30.9 Å². The topological polar surface area (TPSA) is 92.3 Å². The Hall–Kier alpha value is -3.44. The van der Waals surface area contributed by atoms with Gasteiger partial charge in [-0.3, -0.25) is 14.7 Å². The van der Waals surface area contributed by atoms with Gasteiger partial charge < -0.3 is 9.47 Å². The molecule has 0 radical (unpaired) electrons. The maximum absolute atomic E-state index is 13.1. The van der Waals surface area contributed by atoms with Gasteiger partial charge in [0.15, 0.2) is 5.16 Å². The molecule has 1 aromatic heterocycles. The summed E-state index contributed by atoms with van der Waals surface area (Å²) in [6.45, 7) is 4.28. The maximum Gasteiger partial charge on any atom is 0.220 e. The molecule has 0 spiro atoms. The molecular weight excluding hydrogens is 563 g/mol. The summed E-state index contributed by atoms with van der Waals surface area (Å²) in [5.74, 6) is 1.68. The van der Waals surface area contributed by atoms with Crippen LogP contribution >= 0.6 is 27.7 Å². The number of aryl methyl sites for hydroxylation is 1. The Kier molecular flexibility index (Phi) is 8.78. The predicted molar refractivity (Wildman–Crippen MR) is 143 cm³/mol. The highest BCUT2D eigenvalue weighted by Gasteiger charge is 2.24. The maximum atomic E-state index is 13.1. The molecular formula is C26H24BrFN4O4S. The second-order valence-corrected chi connectivity index (χ2v) is 10.0. The van der Waals surface area contributed by atoms with Gasteiger partial charge in [-0.15, -0.1) is 10.2 Å². The van der Waals surface area contributed by atoms with E-state index < -0.39 is 5.25 Å². The van der Waals surface area contributed by atoms with Crippen molar-refractivity contribution in [3.05, 3.63) is 104 Å². The fourth-order valence-corrected chi connectivity index (χ4v) is 5.30. The van der Waals surface area contributed by atoms with E-state index in [0.29, 0.717) is 27.8 Å². The van der Waals surface area contributed by atoms with Crippen LogP contribution < -0.4 is 9.47 Å². The number of halogens is 2. The van der Waals surface area contributed by atoms with E-state index in [4.69, 9.17) is 9.47 Å². The van der Waals surface area contributed by atoms with Gasteiger partial charge in [-0.25, -0.2) is 4.39 Å². The SMILES string of the molecule is CCOc1ccc(-n2c(C)nnc2S[C@H](C[N+](=O)[O-])c2ccc(OCc3ccc(F)cc3)c(Br)c2)cc1. The fraction of sp³-hybridized carbons (Fsp3) is 0.231. The van der Waals surface area contributed by atoms with Gasteiger partial charge in [-0.2, -0.15) is 0 Å². The fourth-order valence-electron chi connectivity index (χ4n) is 3.62. The summed E-state index contributed by atoms with van der Waals surface area (Å²) >= 11 is 4.79. The van der Waals surface area contributed by atoms with Gasteiger partial charge in [-0.1, -0.05) is 30.0 Å². The molecule has 1 heterocycles. The second-order valence-electron chi connectivity index (χ2n) is 8.02. The number of hydrogen-bond acceptors (Lipinski definition) is 7. The number of ether oxygens (including phenoxy) is 2. The smallest absolute Gasteiger partial charge is 0.220 e. The average Bonchev–Trinajstić information content (AvgIpc) is 3.24. The van der Waals surface area contributed by atoms with Crippen LogP contribution in [0, 0.1) is 22.9 Å². The Balaban J connectivity index is 1.55. The van der Waals surface area contributed by atoms with Gasteiger partial charge >= 0.3 is 0 Å². The van der Waals surface area contributed by atoms with Gasteiger partial charge in [0.2, 0.25) is 6.54 Å². The molecule has 0 aliphatic rings. The molecule has 4 aromatic rings. The van der Waals surface area contributed by atoms with Crippen LogP contribution in [-0.2, 0) is 6.61 Å². The normalized spacial score (nSPS) is 11.8. The van der Waals surface area contributed by atoms with E-state index >= 15 is 0 Å². The van der Waals surface area contributed by atoms with Crippen LogP contribution in [0.15, 0.2) is 76.4 Å². The summed E-state index contributed by atoms with van der Waals surface area (Å²) in [6, 6.07) is 19.0. The van der Waals surface area contributed by atoms with Gasteiger partial charge in [-0.05, 0) is 89.4 Å². The van der Waals surface area contributed by atoms with E-state index in [1.165, 1.54) is 23.9 Å². The highest BCUT2D eigenvalue weighted by molar-refractivity contribution is 9.10. The monoisotopic (exact) mass is 586 g/mol. The standard InChI is InChI=1S/C26H24BrFN4O4S/c1-3-35-22-11-9-21(10-12-22)32-17(2)29-30-26(32)37-25(15-31(33)34)19-6-13-24(23(27)14-19)36-16-18-4-7-20(28)8-5-18/h4-14,25H,3,15-16H2,1-2H3/t25-/m1/s1. The molecule has 37 heavy (non-hydrogen) atoms. The number of nitro groups is 1. The lowest BCUT2D eigenvalue weighted by molar-refractivity contribution is -0.479. The molecule has 0 saturated carbocycles. The van der Waals surface area contributed by atoms with Gasteiger partial charge in [0.1, 0.15) is 35.0 Å². The molecule has 0 amide bonds. The molecule has 192 valence electrons. The summed E-state index contributed by atoms with van der Waals surface area (Å²) in [7, 11) is 0. The zero-order chi connectivity index (χ0) is 26.4. The van der Waals surface area contributed by atoms with Gasteiger partial charge in [0.05, 0.1) is 11.1 Å². The Labute approximate surface area is 226 Å². The quantitative estimate of drug-likeness (QED) is 0.111. The summed E-state index contributed by atoms with van der Waals surface area (Å²) in [5.41, 5.74) is 2.39. The third-order valence-corrected chi connectivity index (χ3v) is 7.20. The number of thioether (sulfide) groups is 1. The first kappa shape index (κ1) is 26.6. The molecule has 3 aromatic carbocycles. The number of aromatic nitrogens is 3. The van der Waals surface area contributed by atoms with Crippen molar-refractivity contribution in [3.8, 4) is 17.2 Å².